The predicted octanol–water partition coefficient (Wildman–Crippen LogP) is -1.93. The van der Waals surface area contributed by atoms with Gasteiger partial charge in [-0.1, -0.05) is 0 Å². The van der Waals surface area contributed by atoms with Gasteiger partial charge < -0.3 is 0 Å². The van der Waals surface area contributed by atoms with E-state index in [2.05, 4.69) is 42.5 Å². The van der Waals surface area contributed by atoms with Crippen LogP contribution in [-0.2, 0) is 40.5 Å². The summed E-state index contributed by atoms with van der Waals surface area (Å²) >= 11 is 0. The molecule has 320 valence electrons. The van der Waals surface area contributed by atoms with Gasteiger partial charge in [0.25, 0.3) is 40.5 Å². The van der Waals surface area contributed by atoms with Crippen LogP contribution in [0.4, 0.5) is 0 Å². The molecule has 8 bridgehead atoms. The molecule has 12 atom stereocenters. The second-order valence-corrected chi connectivity index (χ2v) is 25.1. The van der Waals surface area contributed by atoms with E-state index in [1.54, 1.807) is 0 Å². The zero-order valence-corrected chi connectivity index (χ0v) is 34.0. The fourth-order valence-electron chi connectivity index (χ4n) is 12.9. The Morgan fingerprint density at radius 2 is 0.429 bits per heavy atom. The summed E-state index contributed by atoms with van der Waals surface area (Å²) in [5.74, 6) is -1.23. The molecule has 9 aliphatic rings. The lowest BCUT2D eigenvalue weighted by atomic mass is 9.76. The molecule has 5 saturated heterocycles. The summed E-state index contributed by atoms with van der Waals surface area (Å²) in [7, 11) is -17.3. The highest BCUT2D eigenvalue weighted by Gasteiger charge is 2.58. The Hall–Kier alpha value is -0.680. The van der Waals surface area contributed by atoms with E-state index in [1.807, 2.05) is 0 Å². The van der Waals surface area contributed by atoms with Gasteiger partial charge in [0.05, 0.1) is 70.3 Å². The van der Waals surface area contributed by atoms with Crippen LogP contribution in [-0.4, -0.2) is 122 Å². The highest BCUT2D eigenvalue weighted by Crippen LogP contribution is 2.47. The topological polar surface area (TPSA) is 314 Å². The number of rotatable bonds is 4. The van der Waals surface area contributed by atoms with E-state index < -0.39 is 86.1 Å². The molecule has 0 aromatic rings. The van der Waals surface area contributed by atoms with Crippen LogP contribution in [0.2, 0.25) is 0 Å². The van der Waals surface area contributed by atoms with Gasteiger partial charge in [-0.15, -0.1) is 0 Å². The van der Waals surface area contributed by atoms with Crippen LogP contribution in [0.5, 0.6) is 0 Å². The third-order valence-electron chi connectivity index (χ3n) is 15.6. The number of hydrogen-bond acceptors (Lipinski definition) is 16. The standard InChI is InChI=1S/C32H56N8O12S4/c41-53(42,43)13-1-5-17-21(9-13)29-33-25(17)37-30-22-10-14(54(44,45)46)2-6-18(22)27(34-30)39-32-24-12-16(56(50,51)52)4-8-20(24)28(36-32)40-31-23-11-15(55(47,48)49)3-7-19(23)26(35-31)38-29/h13-40H,1-12H2,(H,41,42,43)(H,44,45,46)(H,47,48,49)(H,50,51,52). The molecular formula is C32H56N8O12S4. The highest BCUT2D eigenvalue weighted by atomic mass is 32.2. The number of fused-ring (bicyclic) bond motifs is 20. The fourth-order valence-corrected chi connectivity index (χ4v) is 16.5. The van der Waals surface area contributed by atoms with Crippen LogP contribution in [0.3, 0.4) is 0 Å². The average Bonchev–Trinajstić information content (AvgIpc) is 3.84. The fraction of sp³-hybridized carbons (Fsp3) is 1.00. The van der Waals surface area contributed by atoms with Crippen molar-refractivity contribution in [3.8, 4) is 0 Å². The average molecular weight is 873 g/mol. The molecule has 9 fully saturated rings. The largest absolute Gasteiger partial charge is 0.286 e. The molecule has 0 spiro atoms. The van der Waals surface area contributed by atoms with Gasteiger partial charge in [0.1, 0.15) is 0 Å². The normalized spacial score (nSPS) is 51.1. The molecule has 12 N–H and O–H groups in total. The van der Waals surface area contributed by atoms with Crippen LogP contribution in [0.15, 0.2) is 0 Å². The molecule has 0 radical (unpaired) electrons. The molecule has 4 aliphatic carbocycles. The Labute approximate surface area is 328 Å². The summed E-state index contributed by atoms with van der Waals surface area (Å²) < 4.78 is 140. The molecule has 5 heterocycles. The van der Waals surface area contributed by atoms with E-state index in [0.29, 0.717) is 25.7 Å². The van der Waals surface area contributed by atoms with Gasteiger partial charge in [-0.25, -0.2) is 0 Å². The predicted molar refractivity (Wildman–Crippen MR) is 200 cm³/mol. The second kappa shape index (κ2) is 14.5. The number of nitrogens with one attached hydrogen (secondary N) is 8. The summed E-state index contributed by atoms with van der Waals surface area (Å²) in [6, 6.07) is 0. The zero-order valence-electron chi connectivity index (χ0n) is 30.7. The molecule has 24 heteroatoms. The lowest BCUT2D eigenvalue weighted by molar-refractivity contribution is 0.166. The van der Waals surface area contributed by atoms with Crippen molar-refractivity contribution in [3.63, 3.8) is 0 Å². The van der Waals surface area contributed by atoms with Crippen LogP contribution in [0.1, 0.15) is 77.0 Å². The maximum atomic E-state index is 12.4. The van der Waals surface area contributed by atoms with Crippen molar-refractivity contribution in [1.82, 2.24) is 42.5 Å². The first-order valence-corrected chi connectivity index (χ1v) is 26.2. The van der Waals surface area contributed by atoms with Crippen LogP contribution in [0.25, 0.3) is 0 Å². The Balaban J connectivity index is 1.08. The maximum Gasteiger partial charge on any atom is 0.267 e. The Kier molecular flexibility index (Phi) is 10.5. The van der Waals surface area contributed by atoms with Crippen LogP contribution in [0, 0.1) is 47.3 Å². The SMILES string of the molecule is O=S(=O)(O)C1CCC2C3NC(NC4NC(NC5NC(NC6NC(N3)C3CC(S(=O)(=O)O)CCC63)C3CC(S(=O)(=O)O)CCC53)C3CC(S(=O)(=O)O)CCC43)C2C1. The van der Waals surface area contributed by atoms with Gasteiger partial charge in [0, 0.05) is 0 Å². The molecule has 56 heavy (non-hydrogen) atoms. The third kappa shape index (κ3) is 7.52. The molecular weight excluding hydrogens is 817 g/mol. The monoisotopic (exact) mass is 872 g/mol. The van der Waals surface area contributed by atoms with E-state index in [0.717, 1.165) is 0 Å². The van der Waals surface area contributed by atoms with Gasteiger partial charge in [0.15, 0.2) is 0 Å². The summed E-state index contributed by atoms with van der Waals surface area (Å²) in [6.07, 6.45) is 0.724. The van der Waals surface area contributed by atoms with E-state index in [-0.39, 0.29) is 123 Å². The van der Waals surface area contributed by atoms with Crippen LogP contribution < -0.4 is 42.5 Å². The molecule has 12 unspecified atom stereocenters. The van der Waals surface area contributed by atoms with Crippen molar-refractivity contribution in [2.75, 3.05) is 0 Å². The molecule has 0 aromatic heterocycles. The third-order valence-corrected chi connectivity index (χ3v) is 20.7. The summed E-state index contributed by atoms with van der Waals surface area (Å²) in [5, 5.41) is 26.0. The van der Waals surface area contributed by atoms with Crippen molar-refractivity contribution in [1.29, 1.82) is 0 Å². The second-order valence-electron chi connectivity index (χ2n) is 18.3. The van der Waals surface area contributed by atoms with Gasteiger partial charge >= 0.3 is 0 Å². The van der Waals surface area contributed by atoms with Crippen LogP contribution >= 0.6 is 0 Å². The van der Waals surface area contributed by atoms with E-state index in [1.165, 1.54) is 0 Å². The first-order valence-electron chi connectivity index (χ1n) is 20.2. The smallest absolute Gasteiger partial charge is 0.267 e. The summed E-state index contributed by atoms with van der Waals surface area (Å²) in [6.45, 7) is 0. The maximum absolute atomic E-state index is 12.4. The number of hydrogen-bond donors (Lipinski definition) is 12. The van der Waals surface area contributed by atoms with Crippen molar-refractivity contribution in [3.05, 3.63) is 0 Å². The minimum atomic E-state index is -4.31. The van der Waals surface area contributed by atoms with E-state index in [9.17, 15) is 51.9 Å². The molecule has 9 rings (SSSR count). The van der Waals surface area contributed by atoms with Crippen molar-refractivity contribution in [2.45, 2.75) is 147 Å². The van der Waals surface area contributed by atoms with Crippen molar-refractivity contribution >= 4 is 40.5 Å². The lowest BCUT2D eigenvalue weighted by Crippen LogP contribution is -2.61. The molecule has 20 nitrogen and oxygen atoms in total. The Morgan fingerprint density at radius 1 is 0.268 bits per heavy atom. The highest BCUT2D eigenvalue weighted by molar-refractivity contribution is 7.87. The van der Waals surface area contributed by atoms with Gasteiger partial charge in [-0.3, -0.25) is 60.7 Å². The molecule has 0 aromatic carbocycles. The summed E-state index contributed by atoms with van der Waals surface area (Å²) in [5.41, 5.74) is 0. The quantitative estimate of drug-likeness (QED) is 0.137. The minimum Gasteiger partial charge on any atom is -0.286 e. The van der Waals surface area contributed by atoms with Gasteiger partial charge in [-0.2, -0.15) is 33.7 Å². The lowest BCUT2D eigenvalue weighted by Gasteiger charge is -2.38. The van der Waals surface area contributed by atoms with Gasteiger partial charge in [-0.05, 0) is 124 Å². The Bertz CT molecular complexity index is 1700. The van der Waals surface area contributed by atoms with E-state index in [4.69, 9.17) is 0 Å². The van der Waals surface area contributed by atoms with Crippen molar-refractivity contribution < 1.29 is 51.9 Å². The first-order chi connectivity index (χ1) is 26.2. The van der Waals surface area contributed by atoms with Crippen molar-refractivity contribution in [2.24, 2.45) is 47.3 Å². The first kappa shape index (κ1) is 40.7. The Morgan fingerprint density at radius 3 is 0.589 bits per heavy atom. The molecule has 4 saturated carbocycles. The molecule has 0 amide bonds. The minimum absolute atomic E-state index is 0.0752. The summed E-state index contributed by atoms with van der Waals surface area (Å²) in [4.78, 5) is 0. The zero-order chi connectivity index (χ0) is 39.7. The molecule has 5 aliphatic heterocycles. The van der Waals surface area contributed by atoms with Gasteiger partial charge in [0.2, 0.25) is 0 Å². The van der Waals surface area contributed by atoms with E-state index >= 15 is 0 Å².